The number of oxazole rings is 1. The number of amides is 1. The molecule has 7 heteroatoms. The third kappa shape index (κ3) is 2.66. The molecule has 1 aromatic rings. The Labute approximate surface area is 108 Å². The van der Waals surface area contributed by atoms with Crippen LogP contribution in [0.5, 0.6) is 0 Å². The largest absolute Gasteiger partial charge is 0.481 e. The molecule has 2 rings (SSSR count). The molecule has 2 heterocycles. The molecule has 0 aromatic carbocycles. The second kappa shape index (κ2) is 5.43. The van der Waals surface area contributed by atoms with Gasteiger partial charge in [0.05, 0.1) is 12.5 Å². The number of carboxylic acid groups (broad SMARTS) is 1. The molecule has 0 bridgehead atoms. The maximum Gasteiger partial charge on any atom is 0.305 e. The Hall–Kier alpha value is -1.50. The second-order valence-corrected chi connectivity index (χ2v) is 5.23. The van der Waals surface area contributed by atoms with Crippen molar-refractivity contribution < 1.29 is 19.1 Å². The van der Waals surface area contributed by atoms with Gasteiger partial charge in [0.15, 0.2) is 12.1 Å². The summed E-state index contributed by atoms with van der Waals surface area (Å²) in [4.78, 5) is 28.6. The van der Waals surface area contributed by atoms with Crippen LogP contribution in [0.25, 0.3) is 0 Å². The van der Waals surface area contributed by atoms with Gasteiger partial charge >= 0.3 is 5.97 Å². The number of aryl methyl sites for hydroxylation is 1. The van der Waals surface area contributed by atoms with Crippen molar-refractivity contribution in [1.29, 1.82) is 0 Å². The van der Waals surface area contributed by atoms with Crippen molar-refractivity contribution in [2.75, 3.05) is 18.1 Å². The van der Waals surface area contributed by atoms with Crippen LogP contribution in [0.3, 0.4) is 0 Å². The Morgan fingerprint density at radius 3 is 3.06 bits per heavy atom. The summed E-state index contributed by atoms with van der Waals surface area (Å²) in [6, 6.07) is -0.273. The summed E-state index contributed by atoms with van der Waals surface area (Å²) in [5, 5.41) is 8.87. The average Bonchev–Trinajstić information content (AvgIpc) is 2.74. The fourth-order valence-corrected chi connectivity index (χ4v) is 3.00. The first-order chi connectivity index (χ1) is 8.59. The van der Waals surface area contributed by atoms with Crippen LogP contribution in [0.15, 0.2) is 10.8 Å². The molecule has 1 N–H and O–H groups in total. The molecule has 1 unspecified atom stereocenters. The summed E-state index contributed by atoms with van der Waals surface area (Å²) in [6.07, 6.45) is 1.20. The molecule has 1 aliphatic rings. The number of carboxylic acids is 1. The fourth-order valence-electron chi connectivity index (χ4n) is 1.94. The second-order valence-electron chi connectivity index (χ2n) is 4.08. The minimum absolute atomic E-state index is 0.0321. The molecule has 1 atom stereocenters. The molecule has 98 valence electrons. The number of aliphatic carboxylic acids is 1. The van der Waals surface area contributed by atoms with Crippen molar-refractivity contribution >= 4 is 23.6 Å². The number of nitrogens with zero attached hydrogens (tertiary/aromatic N) is 2. The van der Waals surface area contributed by atoms with Gasteiger partial charge in [-0.25, -0.2) is 4.98 Å². The van der Waals surface area contributed by atoms with E-state index in [1.165, 1.54) is 6.39 Å². The highest BCUT2D eigenvalue weighted by atomic mass is 32.2. The molecule has 1 amide bonds. The van der Waals surface area contributed by atoms with E-state index in [1.54, 1.807) is 23.6 Å². The van der Waals surface area contributed by atoms with E-state index in [4.69, 9.17) is 9.52 Å². The van der Waals surface area contributed by atoms with E-state index in [2.05, 4.69) is 4.98 Å². The van der Waals surface area contributed by atoms with E-state index in [0.29, 0.717) is 18.1 Å². The van der Waals surface area contributed by atoms with Crippen molar-refractivity contribution in [1.82, 2.24) is 9.88 Å². The zero-order chi connectivity index (χ0) is 13.1. The van der Waals surface area contributed by atoms with Gasteiger partial charge in [-0.1, -0.05) is 0 Å². The van der Waals surface area contributed by atoms with Crippen molar-refractivity contribution in [2.24, 2.45) is 0 Å². The number of carbonyl (C=O) groups excluding carboxylic acids is 1. The van der Waals surface area contributed by atoms with Crippen LogP contribution in [0.4, 0.5) is 0 Å². The Balaban J connectivity index is 2.16. The van der Waals surface area contributed by atoms with Crippen molar-refractivity contribution in [3.8, 4) is 0 Å². The standard InChI is InChI=1S/C11H14N2O4S/c1-7-10(12-6-17-7)11(16)13-2-3-18-5-8(13)4-9(14)15/h6,8H,2-5H2,1H3,(H,14,15). The number of hydrogen-bond acceptors (Lipinski definition) is 5. The van der Waals surface area contributed by atoms with Gasteiger partial charge in [0.2, 0.25) is 0 Å². The zero-order valence-corrected chi connectivity index (χ0v) is 10.8. The topological polar surface area (TPSA) is 83.6 Å². The van der Waals surface area contributed by atoms with Crippen LogP contribution >= 0.6 is 11.8 Å². The molecule has 6 nitrogen and oxygen atoms in total. The van der Waals surface area contributed by atoms with Crippen LogP contribution in [0, 0.1) is 6.92 Å². The summed E-state index contributed by atoms with van der Waals surface area (Å²) < 4.78 is 5.01. The van der Waals surface area contributed by atoms with Gasteiger partial charge in [-0.05, 0) is 6.92 Å². The lowest BCUT2D eigenvalue weighted by Crippen LogP contribution is -2.47. The first-order valence-corrected chi connectivity index (χ1v) is 6.75. The van der Waals surface area contributed by atoms with E-state index in [9.17, 15) is 9.59 Å². The van der Waals surface area contributed by atoms with Crippen molar-refractivity contribution in [3.63, 3.8) is 0 Å². The van der Waals surface area contributed by atoms with E-state index in [0.717, 1.165) is 5.75 Å². The molecule has 1 fully saturated rings. The zero-order valence-electron chi connectivity index (χ0n) is 9.96. The Bertz CT molecular complexity index is 460. The Kier molecular flexibility index (Phi) is 3.90. The highest BCUT2D eigenvalue weighted by molar-refractivity contribution is 7.99. The van der Waals surface area contributed by atoms with Crippen LogP contribution in [0.1, 0.15) is 22.7 Å². The SMILES string of the molecule is Cc1ocnc1C(=O)N1CCSCC1CC(=O)O. The fraction of sp³-hybridized carbons (Fsp3) is 0.545. The average molecular weight is 270 g/mol. The number of carbonyl (C=O) groups is 2. The van der Waals surface area contributed by atoms with Gasteiger partial charge in [-0.2, -0.15) is 11.8 Å². The molecular weight excluding hydrogens is 256 g/mol. The van der Waals surface area contributed by atoms with Crippen LogP contribution in [-0.4, -0.2) is 51.0 Å². The highest BCUT2D eigenvalue weighted by Gasteiger charge is 2.31. The van der Waals surface area contributed by atoms with E-state index in [-0.39, 0.29) is 24.1 Å². The van der Waals surface area contributed by atoms with E-state index in [1.807, 2.05) is 0 Å². The number of aromatic nitrogens is 1. The van der Waals surface area contributed by atoms with Crippen molar-refractivity contribution in [3.05, 3.63) is 17.8 Å². The van der Waals surface area contributed by atoms with Gasteiger partial charge in [0, 0.05) is 18.1 Å². The van der Waals surface area contributed by atoms with E-state index < -0.39 is 5.97 Å². The molecule has 1 aromatic heterocycles. The Morgan fingerprint density at radius 2 is 2.44 bits per heavy atom. The van der Waals surface area contributed by atoms with Crippen LogP contribution in [-0.2, 0) is 4.79 Å². The normalized spacial score (nSPS) is 19.8. The monoisotopic (exact) mass is 270 g/mol. The molecule has 0 aliphatic carbocycles. The molecule has 0 saturated carbocycles. The van der Waals surface area contributed by atoms with Gasteiger partial charge in [0.25, 0.3) is 5.91 Å². The van der Waals surface area contributed by atoms with Crippen molar-refractivity contribution in [2.45, 2.75) is 19.4 Å². The molecule has 18 heavy (non-hydrogen) atoms. The van der Waals surface area contributed by atoms with E-state index >= 15 is 0 Å². The lowest BCUT2D eigenvalue weighted by molar-refractivity contribution is -0.138. The van der Waals surface area contributed by atoms with Crippen LogP contribution in [0.2, 0.25) is 0 Å². The van der Waals surface area contributed by atoms with Crippen LogP contribution < -0.4 is 0 Å². The minimum atomic E-state index is -0.892. The molecule has 0 radical (unpaired) electrons. The first kappa shape index (κ1) is 12.9. The number of hydrogen-bond donors (Lipinski definition) is 1. The lowest BCUT2D eigenvalue weighted by Gasteiger charge is -2.34. The minimum Gasteiger partial charge on any atom is -0.481 e. The molecule has 1 saturated heterocycles. The van der Waals surface area contributed by atoms with Gasteiger partial charge < -0.3 is 14.4 Å². The van der Waals surface area contributed by atoms with Gasteiger partial charge in [-0.3, -0.25) is 9.59 Å². The lowest BCUT2D eigenvalue weighted by atomic mass is 10.1. The molecular formula is C11H14N2O4S. The smallest absolute Gasteiger partial charge is 0.305 e. The first-order valence-electron chi connectivity index (χ1n) is 5.60. The number of thioether (sulfide) groups is 1. The molecule has 0 spiro atoms. The predicted molar refractivity (Wildman–Crippen MR) is 65.6 cm³/mol. The number of rotatable bonds is 3. The highest BCUT2D eigenvalue weighted by Crippen LogP contribution is 2.21. The third-order valence-electron chi connectivity index (χ3n) is 2.85. The van der Waals surface area contributed by atoms with Gasteiger partial charge in [0.1, 0.15) is 5.76 Å². The summed E-state index contributed by atoms with van der Waals surface area (Å²) >= 11 is 1.67. The summed E-state index contributed by atoms with van der Waals surface area (Å²) in [5.74, 6) is 0.797. The maximum absolute atomic E-state index is 12.3. The predicted octanol–water partition coefficient (Wildman–Crippen LogP) is 1.02. The van der Waals surface area contributed by atoms with Gasteiger partial charge in [-0.15, -0.1) is 0 Å². The summed E-state index contributed by atoms with van der Waals surface area (Å²) in [6.45, 7) is 2.22. The Morgan fingerprint density at radius 1 is 1.67 bits per heavy atom. The summed E-state index contributed by atoms with van der Waals surface area (Å²) in [5.41, 5.74) is 0.275. The summed E-state index contributed by atoms with van der Waals surface area (Å²) in [7, 11) is 0. The quantitative estimate of drug-likeness (QED) is 0.882. The maximum atomic E-state index is 12.3. The third-order valence-corrected chi connectivity index (χ3v) is 3.94. The molecule has 1 aliphatic heterocycles.